The first-order valence-electron chi connectivity index (χ1n) is 11.0. The molecule has 0 aliphatic carbocycles. The Bertz CT molecular complexity index is 1340. The van der Waals surface area contributed by atoms with Gasteiger partial charge in [0.25, 0.3) is 0 Å². The third-order valence-electron chi connectivity index (χ3n) is 5.98. The van der Waals surface area contributed by atoms with Crippen molar-refractivity contribution in [2.24, 2.45) is 5.10 Å². The number of carbonyl (C=O) groups is 3. The Hall–Kier alpha value is -4.17. The van der Waals surface area contributed by atoms with Crippen LogP contribution >= 0.6 is 0 Å². The highest BCUT2D eigenvalue weighted by atomic mass is 16.4. The van der Waals surface area contributed by atoms with Crippen LogP contribution in [0.1, 0.15) is 19.4 Å². The molecule has 172 valence electrons. The van der Waals surface area contributed by atoms with E-state index in [0.717, 1.165) is 16.3 Å². The predicted octanol–water partition coefficient (Wildman–Crippen LogP) is 2.22. The van der Waals surface area contributed by atoms with E-state index < -0.39 is 28.0 Å². The third-order valence-corrected chi connectivity index (χ3v) is 5.98. The van der Waals surface area contributed by atoms with Crippen LogP contribution in [0.25, 0.3) is 10.8 Å². The van der Waals surface area contributed by atoms with Gasteiger partial charge in [0, 0.05) is 23.4 Å². The first-order chi connectivity index (χ1) is 16.4. The van der Waals surface area contributed by atoms with Gasteiger partial charge in [-0.15, -0.1) is 4.59 Å². The number of fused-ring (bicyclic) bond motifs is 1. The second-order valence-corrected chi connectivity index (χ2v) is 8.08. The molecule has 0 radical (unpaired) electrons. The molecule has 8 nitrogen and oxygen atoms in total. The number of hydrogen-bond donors (Lipinski definition) is 1. The van der Waals surface area contributed by atoms with E-state index in [1.165, 1.54) is 13.1 Å². The molecule has 8 heteroatoms. The molecule has 4 rings (SSSR count). The van der Waals surface area contributed by atoms with Crippen molar-refractivity contribution in [3.63, 3.8) is 0 Å². The molecule has 1 N–H and O–H groups in total. The molecule has 0 spiro atoms. The second kappa shape index (κ2) is 9.36. The van der Waals surface area contributed by atoms with Crippen molar-refractivity contribution in [3.8, 4) is 0 Å². The number of likely N-dealkylation sites (N-methyl/N-ethyl adjacent to an activating group) is 1. The highest BCUT2D eigenvalue weighted by Gasteiger charge is 2.46. The quantitative estimate of drug-likeness (QED) is 0.520. The maximum atomic E-state index is 13.9. The molecule has 34 heavy (non-hydrogen) atoms. The summed E-state index contributed by atoms with van der Waals surface area (Å²) in [5, 5.41) is 21.0. The number of nitrogens with one attached hydrogen (secondary N) is 1. The van der Waals surface area contributed by atoms with E-state index in [1.807, 2.05) is 54.6 Å². The van der Waals surface area contributed by atoms with E-state index in [2.05, 4.69) is 15.4 Å². The summed E-state index contributed by atoms with van der Waals surface area (Å²) in [5.41, 5.74) is 0.532. The Morgan fingerprint density at radius 3 is 2.41 bits per heavy atom. The minimum atomic E-state index is -1.61. The maximum absolute atomic E-state index is 13.9. The van der Waals surface area contributed by atoms with Crippen molar-refractivity contribution in [1.82, 2.24) is 4.98 Å². The van der Waals surface area contributed by atoms with Gasteiger partial charge in [0.15, 0.2) is 17.2 Å². The lowest BCUT2D eigenvalue weighted by Gasteiger charge is -2.34. The molecule has 0 fully saturated rings. The highest BCUT2D eigenvalue weighted by Crippen LogP contribution is 2.30. The van der Waals surface area contributed by atoms with Crippen LogP contribution in [0.4, 0.5) is 5.69 Å². The van der Waals surface area contributed by atoms with Gasteiger partial charge >= 0.3 is 5.91 Å². The lowest BCUT2D eigenvalue weighted by atomic mass is 10.00. The fraction of sp³-hybridized carbons (Fsp3) is 0.192. The van der Waals surface area contributed by atoms with Gasteiger partial charge in [0.1, 0.15) is 13.1 Å². The maximum Gasteiger partial charge on any atom is 0.389 e. The first kappa shape index (κ1) is 23.0. The Morgan fingerprint density at radius 2 is 1.74 bits per heavy atom. The summed E-state index contributed by atoms with van der Waals surface area (Å²) < 4.78 is -0.504. The minimum absolute atomic E-state index is 0.116. The van der Waals surface area contributed by atoms with Crippen molar-refractivity contribution in [3.05, 3.63) is 83.8 Å². The topological polar surface area (TPSA) is 112 Å². The normalized spacial score (nSPS) is 18.1. The van der Waals surface area contributed by atoms with E-state index >= 15 is 0 Å². The van der Waals surface area contributed by atoms with Gasteiger partial charge in [-0.1, -0.05) is 59.7 Å². The first-order valence-corrected chi connectivity index (χ1v) is 11.0. The summed E-state index contributed by atoms with van der Waals surface area (Å²) in [4.78, 5) is 42.7. The van der Waals surface area contributed by atoms with Gasteiger partial charge < -0.3 is 15.2 Å². The molecule has 1 amide bonds. The number of Topliss-reactive ketones (excluding diaryl/α,β-unsaturated/α-hetero) is 1. The number of nitrogens with zero attached hydrogens (tertiary/aromatic N) is 3. The number of rotatable bonds is 8. The van der Waals surface area contributed by atoms with Crippen LogP contribution in [0.2, 0.25) is 0 Å². The number of carboxylic acid groups (broad SMARTS) is 1. The van der Waals surface area contributed by atoms with Gasteiger partial charge in [0.05, 0.1) is 23.4 Å². The van der Waals surface area contributed by atoms with Gasteiger partial charge in [-0.05, 0) is 19.4 Å². The Balaban J connectivity index is 1.83. The monoisotopic (exact) mass is 456 g/mol. The SMILES string of the molecule is CC[N+]1(CCc2ccccc2)N=C(C(=O)[O-])C(C(C)=O)=C(Nc2cncc3ccccc23)C1=O. The van der Waals surface area contributed by atoms with Gasteiger partial charge in [-0.25, -0.2) is 4.79 Å². The van der Waals surface area contributed by atoms with Crippen molar-refractivity contribution < 1.29 is 24.1 Å². The zero-order valence-electron chi connectivity index (χ0n) is 18.9. The smallest absolute Gasteiger partial charge is 0.389 e. The molecule has 2 aromatic carbocycles. The lowest BCUT2D eigenvalue weighted by molar-refractivity contribution is -0.857. The van der Waals surface area contributed by atoms with Crippen LogP contribution in [0.5, 0.6) is 0 Å². The van der Waals surface area contributed by atoms with E-state index in [9.17, 15) is 19.5 Å². The van der Waals surface area contributed by atoms with Crippen molar-refractivity contribution in [1.29, 1.82) is 0 Å². The van der Waals surface area contributed by atoms with Gasteiger partial charge in [-0.3, -0.25) is 9.78 Å². The van der Waals surface area contributed by atoms with Crippen LogP contribution < -0.4 is 10.4 Å². The molecule has 3 aromatic rings. The van der Waals surface area contributed by atoms with Crippen LogP contribution in [0.3, 0.4) is 0 Å². The molecule has 1 atom stereocenters. The second-order valence-electron chi connectivity index (χ2n) is 8.08. The fourth-order valence-electron chi connectivity index (χ4n) is 4.16. The summed E-state index contributed by atoms with van der Waals surface area (Å²) in [7, 11) is 0. The zero-order valence-corrected chi connectivity index (χ0v) is 18.9. The molecule has 0 saturated carbocycles. The molecule has 1 aliphatic rings. The van der Waals surface area contributed by atoms with E-state index in [1.54, 1.807) is 13.1 Å². The van der Waals surface area contributed by atoms with Crippen LogP contribution in [0, 0.1) is 0 Å². The molecule has 1 aromatic heterocycles. The average molecular weight is 457 g/mol. The third kappa shape index (κ3) is 4.23. The average Bonchev–Trinajstić information content (AvgIpc) is 2.85. The lowest BCUT2D eigenvalue weighted by Crippen LogP contribution is -2.56. The summed E-state index contributed by atoms with van der Waals surface area (Å²) in [5.74, 6) is -2.69. The van der Waals surface area contributed by atoms with Gasteiger partial charge in [0.2, 0.25) is 0 Å². The summed E-state index contributed by atoms with van der Waals surface area (Å²) in [6, 6.07) is 17.0. The number of aromatic nitrogens is 1. The number of quaternary nitrogens is 1. The standard InChI is InChI=1S/C26H24N4O4/c1-3-30(14-13-18-9-5-4-6-10-18)25(32)23(22(17(2)31)24(29-30)26(33)34)28-21-16-27-15-19-11-7-8-12-20(19)21/h4-12,15-16H,3,13-14H2,1-2H3,(H-,28,29,31,33,34). The number of pyridine rings is 1. The molecular formula is C26H24N4O4. The van der Waals surface area contributed by atoms with E-state index in [-0.39, 0.29) is 24.4 Å². The number of ketones is 1. The fourth-order valence-corrected chi connectivity index (χ4v) is 4.16. The molecule has 0 bridgehead atoms. The predicted molar refractivity (Wildman–Crippen MR) is 126 cm³/mol. The number of anilines is 1. The molecule has 1 aliphatic heterocycles. The van der Waals surface area contributed by atoms with Crippen molar-refractivity contribution in [2.75, 3.05) is 18.4 Å². The van der Waals surface area contributed by atoms with Crippen molar-refractivity contribution >= 4 is 39.8 Å². The Morgan fingerprint density at radius 1 is 1.03 bits per heavy atom. The Labute approximate surface area is 196 Å². The number of amides is 1. The zero-order chi connectivity index (χ0) is 24.3. The number of aliphatic carboxylic acids is 1. The molecule has 0 saturated heterocycles. The largest absolute Gasteiger partial charge is 0.543 e. The van der Waals surface area contributed by atoms with E-state index in [0.29, 0.717) is 12.1 Å². The summed E-state index contributed by atoms with van der Waals surface area (Å²) in [6.45, 7) is 3.39. The Kier molecular flexibility index (Phi) is 6.34. The van der Waals surface area contributed by atoms with Gasteiger partial charge in [-0.2, -0.15) is 0 Å². The van der Waals surface area contributed by atoms with Crippen LogP contribution in [0.15, 0.2) is 83.4 Å². The number of hydrogen-bond acceptors (Lipinski definition) is 7. The minimum Gasteiger partial charge on any atom is -0.543 e. The van der Waals surface area contributed by atoms with E-state index in [4.69, 9.17) is 0 Å². The highest BCUT2D eigenvalue weighted by molar-refractivity contribution is 6.50. The number of benzene rings is 2. The number of carbonyl (C=O) groups excluding carboxylic acids is 3. The van der Waals surface area contributed by atoms with Crippen LogP contribution in [-0.4, -0.2) is 46.0 Å². The number of carboxylic acids is 1. The molecule has 1 unspecified atom stereocenters. The summed E-state index contributed by atoms with van der Waals surface area (Å²) in [6.07, 6.45) is 3.71. The molecular weight excluding hydrogens is 432 g/mol. The van der Waals surface area contributed by atoms with Crippen molar-refractivity contribution in [2.45, 2.75) is 20.3 Å². The molecule has 2 heterocycles. The van der Waals surface area contributed by atoms with Crippen LogP contribution in [-0.2, 0) is 20.8 Å². The summed E-state index contributed by atoms with van der Waals surface area (Å²) >= 11 is 0.